The van der Waals surface area contributed by atoms with Crippen LogP contribution in [0.2, 0.25) is 10.0 Å². The quantitative estimate of drug-likeness (QED) is 0.714. The SMILES string of the molecule is O=S(=O)(c1c(Cl)cccc1Cl)N1CCN(Cn2cc(Br)cn2)CC1. The first-order valence-electron chi connectivity index (χ1n) is 7.22. The van der Waals surface area contributed by atoms with Crippen LogP contribution >= 0.6 is 39.1 Å². The van der Waals surface area contributed by atoms with Crippen LogP contribution in [0.15, 0.2) is 40.0 Å². The lowest BCUT2D eigenvalue weighted by atomic mass is 10.4. The monoisotopic (exact) mass is 452 g/mol. The van der Waals surface area contributed by atoms with Crippen molar-refractivity contribution in [2.45, 2.75) is 11.6 Å². The summed E-state index contributed by atoms with van der Waals surface area (Å²) in [5, 5.41) is 4.50. The van der Waals surface area contributed by atoms with E-state index in [9.17, 15) is 8.42 Å². The van der Waals surface area contributed by atoms with E-state index in [-0.39, 0.29) is 14.9 Å². The molecule has 1 fully saturated rings. The minimum atomic E-state index is -3.70. The van der Waals surface area contributed by atoms with Crippen LogP contribution < -0.4 is 0 Å². The van der Waals surface area contributed by atoms with Crippen LogP contribution in [0.4, 0.5) is 0 Å². The summed E-state index contributed by atoms with van der Waals surface area (Å²) in [5.74, 6) is 0. The van der Waals surface area contributed by atoms with E-state index in [0.29, 0.717) is 32.8 Å². The number of piperazine rings is 1. The van der Waals surface area contributed by atoms with Crippen LogP contribution in [0.1, 0.15) is 0 Å². The summed E-state index contributed by atoms with van der Waals surface area (Å²) in [6.45, 7) is 2.60. The molecule has 2 aromatic rings. The fourth-order valence-corrected chi connectivity index (χ4v) is 5.43. The zero-order chi connectivity index (χ0) is 17.3. The van der Waals surface area contributed by atoms with E-state index in [1.807, 2.05) is 6.20 Å². The van der Waals surface area contributed by atoms with Crippen LogP contribution in [0.3, 0.4) is 0 Å². The highest BCUT2D eigenvalue weighted by Crippen LogP contribution is 2.31. The summed E-state index contributed by atoms with van der Waals surface area (Å²) in [6.07, 6.45) is 3.60. The number of rotatable bonds is 4. The third-order valence-electron chi connectivity index (χ3n) is 3.79. The number of halogens is 3. The van der Waals surface area contributed by atoms with Gasteiger partial charge in [-0.15, -0.1) is 0 Å². The van der Waals surface area contributed by atoms with Gasteiger partial charge >= 0.3 is 0 Å². The summed E-state index contributed by atoms with van der Waals surface area (Å²) >= 11 is 15.5. The molecule has 0 aliphatic carbocycles. The molecule has 10 heteroatoms. The van der Waals surface area contributed by atoms with Gasteiger partial charge in [-0.05, 0) is 28.1 Å². The Labute approximate surface area is 159 Å². The molecule has 24 heavy (non-hydrogen) atoms. The Balaban J connectivity index is 1.69. The lowest BCUT2D eigenvalue weighted by molar-refractivity contribution is 0.146. The fourth-order valence-electron chi connectivity index (χ4n) is 2.59. The molecule has 1 aliphatic rings. The molecule has 0 spiro atoms. The van der Waals surface area contributed by atoms with Gasteiger partial charge in [0, 0.05) is 32.4 Å². The molecule has 0 unspecified atom stereocenters. The van der Waals surface area contributed by atoms with E-state index < -0.39 is 10.0 Å². The normalized spacial score (nSPS) is 17.3. The molecule has 0 amide bonds. The van der Waals surface area contributed by atoms with Crippen molar-refractivity contribution in [1.29, 1.82) is 0 Å². The van der Waals surface area contributed by atoms with Crippen molar-refractivity contribution in [1.82, 2.24) is 19.0 Å². The predicted molar refractivity (Wildman–Crippen MR) is 96.7 cm³/mol. The Morgan fingerprint density at radius 1 is 1.12 bits per heavy atom. The average Bonchev–Trinajstić information content (AvgIpc) is 2.92. The zero-order valence-corrected chi connectivity index (χ0v) is 16.5. The van der Waals surface area contributed by atoms with Gasteiger partial charge in [-0.3, -0.25) is 9.58 Å². The second-order valence-corrected chi connectivity index (χ2v) is 9.02. The molecule has 1 aliphatic heterocycles. The number of nitrogens with zero attached hydrogens (tertiary/aromatic N) is 4. The summed E-state index contributed by atoms with van der Waals surface area (Å²) in [4.78, 5) is 2.12. The predicted octanol–water partition coefficient (Wildman–Crippen LogP) is 2.92. The minimum absolute atomic E-state index is 0.0159. The van der Waals surface area contributed by atoms with Crippen molar-refractivity contribution < 1.29 is 8.42 Å². The summed E-state index contributed by atoms with van der Waals surface area (Å²) in [5.41, 5.74) is 0. The standard InChI is InChI=1S/C14H15BrCl2N4O2S/c15-11-8-18-20(9-11)10-19-4-6-21(7-5-19)24(22,23)14-12(16)2-1-3-13(14)17/h1-3,8-9H,4-7,10H2. The maximum absolute atomic E-state index is 12.8. The molecule has 130 valence electrons. The molecule has 1 aromatic carbocycles. The maximum Gasteiger partial charge on any atom is 0.246 e. The summed E-state index contributed by atoms with van der Waals surface area (Å²) in [6, 6.07) is 4.70. The van der Waals surface area contributed by atoms with Gasteiger partial charge < -0.3 is 0 Å². The first kappa shape index (κ1) is 18.2. The van der Waals surface area contributed by atoms with Gasteiger partial charge in [0.05, 0.1) is 27.4 Å². The molecule has 1 aromatic heterocycles. The largest absolute Gasteiger partial charge is 0.282 e. The Morgan fingerprint density at radius 2 is 1.75 bits per heavy atom. The molecule has 0 atom stereocenters. The number of hydrogen-bond acceptors (Lipinski definition) is 4. The minimum Gasteiger partial charge on any atom is -0.282 e. The molecular weight excluding hydrogens is 439 g/mol. The van der Waals surface area contributed by atoms with Crippen LogP contribution in [0.5, 0.6) is 0 Å². The van der Waals surface area contributed by atoms with E-state index in [0.717, 1.165) is 4.47 Å². The van der Waals surface area contributed by atoms with Gasteiger partial charge in [0.2, 0.25) is 10.0 Å². The van der Waals surface area contributed by atoms with E-state index in [4.69, 9.17) is 23.2 Å². The van der Waals surface area contributed by atoms with Gasteiger partial charge in [0.25, 0.3) is 0 Å². The smallest absolute Gasteiger partial charge is 0.246 e. The summed E-state index contributed by atoms with van der Waals surface area (Å²) in [7, 11) is -3.70. The molecule has 0 N–H and O–H groups in total. The average molecular weight is 454 g/mol. The van der Waals surface area contributed by atoms with Gasteiger partial charge in [-0.25, -0.2) is 8.42 Å². The van der Waals surface area contributed by atoms with E-state index in [1.54, 1.807) is 16.9 Å². The van der Waals surface area contributed by atoms with Crippen molar-refractivity contribution in [2.24, 2.45) is 0 Å². The third-order valence-corrected chi connectivity index (χ3v) is 7.06. The molecule has 2 heterocycles. The van der Waals surface area contributed by atoms with Crippen molar-refractivity contribution >= 4 is 49.2 Å². The van der Waals surface area contributed by atoms with Crippen LogP contribution in [-0.4, -0.2) is 53.6 Å². The second kappa shape index (κ2) is 7.31. The molecule has 1 saturated heterocycles. The first-order chi connectivity index (χ1) is 11.4. The topological polar surface area (TPSA) is 58.4 Å². The van der Waals surface area contributed by atoms with Gasteiger partial charge in [-0.1, -0.05) is 29.3 Å². The van der Waals surface area contributed by atoms with Gasteiger partial charge in [0.15, 0.2) is 0 Å². The molecular formula is C14H15BrCl2N4O2S. The molecule has 0 bridgehead atoms. The van der Waals surface area contributed by atoms with Gasteiger partial charge in [0.1, 0.15) is 4.90 Å². The Bertz CT molecular complexity index is 815. The van der Waals surface area contributed by atoms with Crippen LogP contribution in [-0.2, 0) is 16.7 Å². The highest BCUT2D eigenvalue weighted by molar-refractivity contribution is 9.10. The highest BCUT2D eigenvalue weighted by atomic mass is 79.9. The lowest BCUT2D eigenvalue weighted by Crippen LogP contribution is -2.48. The molecule has 6 nitrogen and oxygen atoms in total. The number of aromatic nitrogens is 2. The maximum atomic E-state index is 12.8. The molecule has 3 rings (SSSR count). The Morgan fingerprint density at radius 3 is 2.29 bits per heavy atom. The summed E-state index contributed by atoms with van der Waals surface area (Å²) < 4.78 is 29.8. The van der Waals surface area contributed by atoms with Crippen molar-refractivity contribution in [3.8, 4) is 0 Å². The number of sulfonamides is 1. The van der Waals surface area contributed by atoms with E-state index >= 15 is 0 Å². The first-order valence-corrected chi connectivity index (χ1v) is 10.2. The Kier molecular flexibility index (Phi) is 5.53. The Hall–Kier alpha value is -0.640. The molecule has 0 saturated carbocycles. The van der Waals surface area contributed by atoms with E-state index in [1.165, 1.54) is 16.4 Å². The van der Waals surface area contributed by atoms with Crippen molar-refractivity contribution in [3.05, 3.63) is 45.1 Å². The highest BCUT2D eigenvalue weighted by Gasteiger charge is 2.31. The second-order valence-electron chi connectivity index (χ2n) is 5.41. The van der Waals surface area contributed by atoms with Crippen molar-refractivity contribution in [2.75, 3.05) is 26.2 Å². The lowest BCUT2D eigenvalue weighted by Gasteiger charge is -2.34. The van der Waals surface area contributed by atoms with Gasteiger partial charge in [-0.2, -0.15) is 9.40 Å². The fraction of sp³-hybridized carbons (Fsp3) is 0.357. The number of hydrogen-bond donors (Lipinski definition) is 0. The number of benzene rings is 1. The molecule has 0 radical (unpaired) electrons. The third kappa shape index (κ3) is 3.79. The zero-order valence-electron chi connectivity index (χ0n) is 12.6. The van der Waals surface area contributed by atoms with Crippen molar-refractivity contribution in [3.63, 3.8) is 0 Å². The van der Waals surface area contributed by atoms with E-state index in [2.05, 4.69) is 25.9 Å². The van der Waals surface area contributed by atoms with Crippen LogP contribution in [0, 0.1) is 0 Å². The van der Waals surface area contributed by atoms with Crippen LogP contribution in [0.25, 0.3) is 0 Å².